The number of halogens is 5. The molecule has 0 aromatic heterocycles. The Kier molecular flexibility index (Phi) is 7.62. The third-order valence-electron chi connectivity index (χ3n) is 2.80. The summed E-state index contributed by atoms with van der Waals surface area (Å²) in [6, 6.07) is 7.36. The van der Waals surface area contributed by atoms with Crippen LogP contribution in [0.4, 0.5) is 17.6 Å². The highest BCUT2D eigenvalue weighted by molar-refractivity contribution is 9.10. The summed E-state index contributed by atoms with van der Waals surface area (Å²) in [7, 11) is 0. The number of benzene rings is 1. The van der Waals surface area contributed by atoms with Crippen LogP contribution in [0.3, 0.4) is 0 Å². The number of hydrogen-bond donors (Lipinski definition) is 1. The molecule has 0 aliphatic rings. The van der Waals surface area contributed by atoms with Crippen molar-refractivity contribution in [1.82, 2.24) is 5.32 Å². The topological polar surface area (TPSA) is 21.3 Å². The van der Waals surface area contributed by atoms with Crippen molar-refractivity contribution in [3.8, 4) is 0 Å². The minimum Gasteiger partial charge on any atom is -0.373 e. The standard InChI is InChI=1S/C14H18BrF4NO/c1-2-20-12(7-10-4-3-5-11(15)6-10)8-21-9-14(18,19)13(16)17/h3-6,12-13,20H,2,7-9H2,1H3. The molecule has 0 saturated carbocycles. The van der Waals surface area contributed by atoms with Crippen molar-refractivity contribution in [2.24, 2.45) is 0 Å². The fraction of sp³-hybridized carbons (Fsp3) is 0.571. The SMILES string of the molecule is CCNC(COCC(F)(F)C(F)F)Cc1cccc(Br)c1. The van der Waals surface area contributed by atoms with Gasteiger partial charge in [-0.1, -0.05) is 35.0 Å². The van der Waals surface area contributed by atoms with E-state index in [0.717, 1.165) is 10.0 Å². The molecule has 21 heavy (non-hydrogen) atoms. The Labute approximate surface area is 130 Å². The normalized spacial score (nSPS) is 13.7. The Bertz CT molecular complexity index is 431. The lowest BCUT2D eigenvalue weighted by atomic mass is 10.1. The van der Waals surface area contributed by atoms with E-state index in [4.69, 9.17) is 4.74 Å². The van der Waals surface area contributed by atoms with Gasteiger partial charge in [0.1, 0.15) is 6.61 Å². The van der Waals surface area contributed by atoms with Gasteiger partial charge in [-0.15, -0.1) is 0 Å². The van der Waals surface area contributed by atoms with E-state index >= 15 is 0 Å². The fourth-order valence-electron chi connectivity index (χ4n) is 1.83. The second kappa shape index (κ2) is 8.70. The molecule has 120 valence electrons. The third-order valence-corrected chi connectivity index (χ3v) is 3.29. The third kappa shape index (κ3) is 6.76. The molecule has 0 radical (unpaired) electrons. The smallest absolute Gasteiger partial charge is 0.330 e. The van der Waals surface area contributed by atoms with Gasteiger partial charge in [0.2, 0.25) is 0 Å². The molecule has 0 fully saturated rings. The molecule has 0 saturated heterocycles. The maximum Gasteiger partial charge on any atom is 0.330 e. The van der Waals surface area contributed by atoms with E-state index in [9.17, 15) is 17.6 Å². The van der Waals surface area contributed by atoms with Crippen LogP contribution in [0.25, 0.3) is 0 Å². The fourth-order valence-corrected chi connectivity index (χ4v) is 2.27. The summed E-state index contributed by atoms with van der Waals surface area (Å²) < 4.78 is 55.3. The number of nitrogens with one attached hydrogen (secondary N) is 1. The van der Waals surface area contributed by atoms with Crippen molar-refractivity contribution in [2.75, 3.05) is 19.8 Å². The van der Waals surface area contributed by atoms with Crippen LogP contribution in [0.5, 0.6) is 0 Å². The lowest BCUT2D eigenvalue weighted by Gasteiger charge is -2.21. The second-order valence-electron chi connectivity index (χ2n) is 4.67. The van der Waals surface area contributed by atoms with Gasteiger partial charge < -0.3 is 10.1 Å². The Balaban J connectivity index is 2.50. The number of hydrogen-bond acceptors (Lipinski definition) is 2. The highest BCUT2D eigenvalue weighted by atomic mass is 79.9. The minimum atomic E-state index is -4.10. The molecule has 1 aromatic carbocycles. The van der Waals surface area contributed by atoms with Gasteiger partial charge >= 0.3 is 12.3 Å². The molecule has 0 spiro atoms. The Morgan fingerprint density at radius 2 is 2.05 bits per heavy atom. The summed E-state index contributed by atoms with van der Waals surface area (Å²) in [4.78, 5) is 0. The summed E-state index contributed by atoms with van der Waals surface area (Å²) >= 11 is 3.35. The highest BCUT2D eigenvalue weighted by Gasteiger charge is 2.41. The Morgan fingerprint density at radius 1 is 1.33 bits per heavy atom. The van der Waals surface area contributed by atoms with Gasteiger partial charge in [-0.05, 0) is 30.7 Å². The maximum absolute atomic E-state index is 12.8. The van der Waals surface area contributed by atoms with Gasteiger partial charge in [-0.3, -0.25) is 0 Å². The van der Waals surface area contributed by atoms with Crippen molar-refractivity contribution in [3.05, 3.63) is 34.3 Å². The van der Waals surface area contributed by atoms with Gasteiger partial charge in [-0.2, -0.15) is 8.78 Å². The van der Waals surface area contributed by atoms with Crippen LogP contribution in [0, 0.1) is 0 Å². The van der Waals surface area contributed by atoms with Gasteiger partial charge in [-0.25, -0.2) is 8.78 Å². The van der Waals surface area contributed by atoms with E-state index in [1.165, 1.54) is 0 Å². The van der Waals surface area contributed by atoms with Crippen LogP contribution >= 0.6 is 15.9 Å². The zero-order chi connectivity index (χ0) is 15.9. The van der Waals surface area contributed by atoms with E-state index in [2.05, 4.69) is 21.2 Å². The number of ether oxygens (including phenoxy) is 1. The largest absolute Gasteiger partial charge is 0.373 e. The van der Waals surface area contributed by atoms with Crippen molar-refractivity contribution >= 4 is 15.9 Å². The van der Waals surface area contributed by atoms with Crippen LogP contribution in [0.1, 0.15) is 12.5 Å². The molecule has 2 nitrogen and oxygen atoms in total. The molecule has 0 bridgehead atoms. The number of rotatable bonds is 9. The van der Waals surface area contributed by atoms with Crippen molar-refractivity contribution < 1.29 is 22.3 Å². The van der Waals surface area contributed by atoms with Crippen molar-refractivity contribution in [2.45, 2.75) is 31.7 Å². The summed E-state index contributed by atoms with van der Waals surface area (Å²) in [5.41, 5.74) is 1.000. The Hall–Kier alpha value is -0.660. The van der Waals surface area contributed by atoms with Gasteiger partial charge in [0.15, 0.2) is 0 Å². The lowest BCUT2D eigenvalue weighted by Crippen LogP contribution is -2.38. The first-order valence-corrected chi connectivity index (χ1v) is 7.36. The molecule has 1 aromatic rings. The van der Waals surface area contributed by atoms with E-state index in [0.29, 0.717) is 13.0 Å². The predicted molar refractivity (Wildman–Crippen MR) is 77.1 cm³/mol. The molecular formula is C14H18BrF4NO. The molecule has 1 unspecified atom stereocenters. The van der Waals surface area contributed by atoms with Crippen LogP contribution in [0.15, 0.2) is 28.7 Å². The van der Waals surface area contributed by atoms with Gasteiger partial charge in [0.05, 0.1) is 6.61 Å². The molecule has 0 amide bonds. The number of likely N-dealkylation sites (N-methyl/N-ethyl adjacent to an activating group) is 1. The first-order chi connectivity index (χ1) is 9.85. The van der Waals surface area contributed by atoms with Crippen molar-refractivity contribution in [3.63, 3.8) is 0 Å². The Morgan fingerprint density at radius 3 is 2.62 bits per heavy atom. The summed E-state index contributed by atoms with van der Waals surface area (Å²) in [5.74, 6) is -4.10. The molecule has 1 atom stereocenters. The minimum absolute atomic E-state index is 0.0529. The van der Waals surface area contributed by atoms with Crippen LogP contribution < -0.4 is 5.32 Å². The molecule has 0 aliphatic heterocycles. The second-order valence-corrected chi connectivity index (χ2v) is 5.58. The molecule has 1 N–H and O–H groups in total. The molecule has 0 aliphatic carbocycles. The average molecular weight is 372 g/mol. The zero-order valence-electron chi connectivity index (χ0n) is 11.6. The maximum atomic E-state index is 12.8. The first kappa shape index (κ1) is 18.4. The summed E-state index contributed by atoms with van der Waals surface area (Å²) in [6.45, 7) is 1.18. The van der Waals surface area contributed by atoms with Gasteiger partial charge in [0.25, 0.3) is 0 Å². The zero-order valence-corrected chi connectivity index (χ0v) is 13.2. The molecular weight excluding hydrogens is 354 g/mol. The summed E-state index contributed by atoms with van der Waals surface area (Å²) in [6.07, 6.45) is -3.15. The monoisotopic (exact) mass is 371 g/mol. The van der Waals surface area contributed by atoms with Crippen molar-refractivity contribution in [1.29, 1.82) is 0 Å². The predicted octanol–water partition coefficient (Wildman–Crippen LogP) is 3.89. The van der Waals surface area contributed by atoms with E-state index in [-0.39, 0.29) is 12.6 Å². The average Bonchev–Trinajstić information content (AvgIpc) is 2.38. The van der Waals surface area contributed by atoms with Crippen LogP contribution in [-0.2, 0) is 11.2 Å². The van der Waals surface area contributed by atoms with Crippen LogP contribution in [-0.4, -0.2) is 38.1 Å². The molecule has 0 heterocycles. The number of alkyl halides is 4. The summed E-state index contributed by atoms with van der Waals surface area (Å²) in [5, 5.41) is 3.09. The highest BCUT2D eigenvalue weighted by Crippen LogP contribution is 2.23. The first-order valence-electron chi connectivity index (χ1n) is 6.56. The van der Waals surface area contributed by atoms with E-state index in [1.807, 2.05) is 31.2 Å². The lowest BCUT2D eigenvalue weighted by molar-refractivity contribution is -0.167. The molecule has 7 heteroatoms. The van der Waals surface area contributed by atoms with E-state index < -0.39 is 19.0 Å². The molecule has 1 rings (SSSR count). The quantitative estimate of drug-likeness (QED) is 0.665. The van der Waals surface area contributed by atoms with Gasteiger partial charge in [0, 0.05) is 10.5 Å². The van der Waals surface area contributed by atoms with Crippen LogP contribution in [0.2, 0.25) is 0 Å². The van der Waals surface area contributed by atoms with E-state index in [1.54, 1.807) is 0 Å².